The molecule has 0 spiro atoms. The summed E-state index contributed by atoms with van der Waals surface area (Å²) >= 11 is 0. The van der Waals surface area contributed by atoms with Crippen LogP contribution in [0.15, 0.2) is 48.5 Å². The van der Waals surface area contributed by atoms with Crippen LogP contribution in [-0.4, -0.2) is 96.9 Å². The van der Waals surface area contributed by atoms with Gasteiger partial charge in [-0.1, -0.05) is 29.8 Å². The number of rotatable bonds is 16. The van der Waals surface area contributed by atoms with Gasteiger partial charge in [-0.15, -0.1) is 0 Å². The summed E-state index contributed by atoms with van der Waals surface area (Å²) in [5.74, 6) is -2.36. The van der Waals surface area contributed by atoms with Crippen molar-refractivity contribution in [3.05, 3.63) is 70.8 Å². The Morgan fingerprint density at radius 2 is 1.49 bits per heavy atom. The number of nitrogens with one attached hydrogen (secondary N) is 2. The van der Waals surface area contributed by atoms with Gasteiger partial charge in [0.2, 0.25) is 17.7 Å². The second-order valence-electron chi connectivity index (χ2n) is 10.5. The third-order valence-corrected chi connectivity index (χ3v) is 7.02. The summed E-state index contributed by atoms with van der Waals surface area (Å²) in [6, 6.07) is 7.46. The van der Waals surface area contributed by atoms with Crippen molar-refractivity contribution in [3.63, 3.8) is 0 Å². The Morgan fingerprint density at radius 3 is 2.02 bits per heavy atom. The van der Waals surface area contributed by atoms with Crippen LogP contribution < -0.4 is 27.8 Å². The minimum absolute atomic E-state index is 0.0687. The molecule has 0 unspecified atom stereocenters. The van der Waals surface area contributed by atoms with Gasteiger partial charge in [-0.2, -0.15) is 13.2 Å². The van der Waals surface area contributed by atoms with Gasteiger partial charge in [0.1, 0.15) is 12.1 Å². The molecule has 0 bridgehead atoms. The SMILES string of the molecule is Cc1ccc(C(=O)N(C)CCNC(=O)[C@@H](NC(=O)[C@@H](N)CCC(=O)N(CCN)CCN)[C@H](O)c2ccc(C(F)(F)F)cc2)cc1. The number of hydrogen-bond acceptors (Lipinski definition) is 8. The van der Waals surface area contributed by atoms with Crippen LogP contribution in [0.25, 0.3) is 0 Å². The fraction of sp³-hybridized carbons (Fsp3) is 0.467. The summed E-state index contributed by atoms with van der Waals surface area (Å²) in [6.07, 6.45) is -6.60. The number of aliphatic hydroxyl groups excluding tert-OH is 1. The first kappa shape index (κ1) is 37.1. The lowest BCUT2D eigenvalue weighted by Gasteiger charge is -2.26. The van der Waals surface area contributed by atoms with Gasteiger partial charge in [-0.3, -0.25) is 19.2 Å². The summed E-state index contributed by atoms with van der Waals surface area (Å²) in [5.41, 5.74) is 17.4. The first-order valence-electron chi connectivity index (χ1n) is 14.4. The molecule has 0 aliphatic rings. The molecule has 45 heavy (non-hydrogen) atoms. The summed E-state index contributed by atoms with van der Waals surface area (Å²) < 4.78 is 39.2. The highest BCUT2D eigenvalue weighted by atomic mass is 19.4. The Kier molecular flexibility index (Phi) is 14.4. The molecule has 248 valence electrons. The van der Waals surface area contributed by atoms with E-state index in [-0.39, 0.29) is 69.5 Å². The van der Waals surface area contributed by atoms with Gasteiger partial charge in [0.05, 0.1) is 11.6 Å². The van der Waals surface area contributed by atoms with Crippen LogP contribution in [0.2, 0.25) is 0 Å². The lowest BCUT2D eigenvalue weighted by Crippen LogP contribution is -2.55. The van der Waals surface area contributed by atoms with Gasteiger partial charge < -0.3 is 42.7 Å². The molecular weight excluding hydrogens is 595 g/mol. The number of hydrogen-bond donors (Lipinski definition) is 6. The number of aliphatic hydroxyl groups is 1. The van der Waals surface area contributed by atoms with Crippen molar-refractivity contribution >= 4 is 23.6 Å². The van der Waals surface area contributed by atoms with Crippen LogP contribution in [0.3, 0.4) is 0 Å². The Morgan fingerprint density at radius 1 is 0.911 bits per heavy atom. The highest BCUT2D eigenvalue weighted by Gasteiger charge is 2.34. The van der Waals surface area contributed by atoms with E-state index in [1.807, 2.05) is 6.92 Å². The number of carbonyl (C=O) groups excluding carboxylic acids is 4. The first-order valence-corrected chi connectivity index (χ1v) is 14.4. The number of carbonyl (C=O) groups is 4. The van der Waals surface area contributed by atoms with Gasteiger partial charge in [-0.25, -0.2) is 0 Å². The van der Waals surface area contributed by atoms with E-state index in [0.29, 0.717) is 5.56 Å². The zero-order valence-electron chi connectivity index (χ0n) is 25.3. The maximum absolute atomic E-state index is 13.2. The monoisotopic (exact) mass is 637 g/mol. The van der Waals surface area contributed by atoms with Crippen LogP contribution in [0, 0.1) is 6.92 Å². The molecular formula is C30H42F3N7O5. The fourth-order valence-electron chi connectivity index (χ4n) is 4.33. The Hall–Kier alpha value is -4.05. The molecule has 0 aliphatic carbocycles. The fourth-order valence-corrected chi connectivity index (χ4v) is 4.33. The number of aryl methyl sites for hydroxylation is 1. The lowest BCUT2D eigenvalue weighted by molar-refractivity contribution is -0.137. The third kappa shape index (κ3) is 11.4. The largest absolute Gasteiger partial charge is 0.416 e. The van der Waals surface area contributed by atoms with E-state index in [9.17, 15) is 37.5 Å². The zero-order valence-corrected chi connectivity index (χ0v) is 25.3. The predicted octanol–water partition coefficient (Wildman–Crippen LogP) is 0.274. The number of alkyl halides is 3. The number of nitrogens with zero attached hydrogens (tertiary/aromatic N) is 2. The average Bonchev–Trinajstić information content (AvgIpc) is 3.01. The zero-order chi connectivity index (χ0) is 33.7. The molecule has 0 radical (unpaired) electrons. The van der Waals surface area contributed by atoms with Gasteiger partial charge in [0.15, 0.2) is 0 Å². The molecule has 3 atom stereocenters. The molecule has 0 heterocycles. The topological polar surface area (TPSA) is 197 Å². The van der Waals surface area contributed by atoms with Crippen LogP contribution in [0.1, 0.15) is 46.0 Å². The molecule has 2 rings (SSSR count). The van der Waals surface area contributed by atoms with Crippen molar-refractivity contribution < 1.29 is 37.5 Å². The lowest BCUT2D eigenvalue weighted by atomic mass is 9.99. The second kappa shape index (κ2) is 17.4. The number of halogens is 3. The maximum atomic E-state index is 13.2. The summed E-state index contributed by atoms with van der Waals surface area (Å²) in [5, 5.41) is 15.9. The van der Waals surface area contributed by atoms with Gasteiger partial charge in [0.25, 0.3) is 5.91 Å². The molecule has 0 saturated carbocycles. The molecule has 0 saturated heterocycles. The van der Waals surface area contributed by atoms with E-state index in [0.717, 1.165) is 29.8 Å². The highest BCUT2D eigenvalue weighted by Crippen LogP contribution is 2.30. The maximum Gasteiger partial charge on any atom is 0.416 e. The first-order chi connectivity index (χ1) is 21.2. The Labute approximate surface area is 260 Å². The van der Waals surface area contributed by atoms with Crippen molar-refractivity contribution in [2.75, 3.05) is 46.3 Å². The highest BCUT2D eigenvalue weighted by molar-refractivity contribution is 5.94. The molecule has 2 aromatic rings. The standard InChI is InChI=1S/C30H42F3N7O5/c1-19-3-5-21(6-4-19)29(45)39(2)18-15-37-28(44)25(26(42)20-7-9-22(10-8-20)30(31,32)33)38-27(43)23(36)11-12-24(41)40(16-13-34)17-14-35/h3-10,23,25-26,42H,11-18,34-36H2,1-2H3,(H,37,44)(H,38,43)/t23-,25-,26+/m0/s1. The number of nitrogens with two attached hydrogens (primary N) is 3. The molecule has 12 nitrogen and oxygen atoms in total. The van der Waals surface area contributed by atoms with E-state index in [2.05, 4.69) is 10.6 Å². The number of likely N-dealkylation sites (N-methyl/N-ethyl adjacent to an activating group) is 1. The van der Waals surface area contributed by atoms with Crippen LogP contribution in [-0.2, 0) is 20.6 Å². The van der Waals surface area contributed by atoms with Gasteiger partial charge in [0, 0.05) is 58.3 Å². The van der Waals surface area contributed by atoms with E-state index >= 15 is 0 Å². The number of amides is 4. The quantitative estimate of drug-likeness (QED) is 0.151. The van der Waals surface area contributed by atoms with E-state index in [1.54, 1.807) is 24.3 Å². The molecule has 0 fully saturated rings. The molecule has 15 heteroatoms. The normalized spacial score (nSPS) is 13.4. The van der Waals surface area contributed by atoms with Crippen LogP contribution in [0.5, 0.6) is 0 Å². The molecule has 4 amide bonds. The third-order valence-electron chi connectivity index (χ3n) is 7.02. The molecule has 2 aromatic carbocycles. The van der Waals surface area contributed by atoms with Crippen molar-refractivity contribution in [1.82, 2.24) is 20.4 Å². The Bertz CT molecular complexity index is 1270. The van der Waals surface area contributed by atoms with Crippen molar-refractivity contribution in [2.45, 2.75) is 44.1 Å². The number of benzene rings is 2. The molecule has 9 N–H and O–H groups in total. The van der Waals surface area contributed by atoms with Crippen LogP contribution >= 0.6 is 0 Å². The molecule has 0 aromatic heterocycles. The minimum atomic E-state index is -4.62. The summed E-state index contributed by atoms with van der Waals surface area (Å²) in [7, 11) is 1.53. The summed E-state index contributed by atoms with van der Waals surface area (Å²) in [6.45, 7) is 2.85. The second-order valence-corrected chi connectivity index (χ2v) is 10.5. The predicted molar refractivity (Wildman–Crippen MR) is 161 cm³/mol. The molecule has 0 aliphatic heterocycles. The van der Waals surface area contributed by atoms with E-state index < -0.39 is 41.7 Å². The van der Waals surface area contributed by atoms with Crippen molar-refractivity contribution in [3.8, 4) is 0 Å². The van der Waals surface area contributed by atoms with Gasteiger partial charge in [-0.05, 0) is 43.2 Å². The Balaban J connectivity index is 2.13. The van der Waals surface area contributed by atoms with Gasteiger partial charge >= 0.3 is 6.18 Å². The average molecular weight is 638 g/mol. The van der Waals surface area contributed by atoms with Crippen molar-refractivity contribution in [1.29, 1.82) is 0 Å². The minimum Gasteiger partial charge on any atom is -0.386 e. The van der Waals surface area contributed by atoms with Crippen LogP contribution in [0.4, 0.5) is 13.2 Å². The smallest absolute Gasteiger partial charge is 0.386 e. The summed E-state index contributed by atoms with van der Waals surface area (Å²) in [4.78, 5) is 54.2. The van der Waals surface area contributed by atoms with E-state index in [4.69, 9.17) is 17.2 Å². The van der Waals surface area contributed by atoms with Crippen molar-refractivity contribution in [2.24, 2.45) is 17.2 Å². The van der Waals surface area contributed by atoms with E-state index in [1.165, 1.54) is 16.8 Å².